The lowest BCUT2D eigenvalue weighted by atomic mass is 10.2. The third kappa shape index (κ3) is 3.73. The van der Waals surface area contributed by atoms with Gasteiger partial charge in [0.1, 0.15) is 0 Å². The van der Waals surface area contributed by atoms with Gasteiger partial charge in [0.05, 0.1) is 6.61 Å². The van der Waals surface area contributed by atoms with E-state index in [1.165, 1.54) is 5.56 Å². The van der Waals surface area contributed by atoms with Gasteiger partial charge < -0.3 is 10.9 Å². The van der Waals surface area contributed by atoms with Crippen molar-refractivity contribution in [3.63, 3.8) is 0 Å². The maximum atomic E-state index is 9.77. The molecule has 0 saturated carbocycles. The smallest absolute Gasteiger partial charge is 0.293 e. The van der Waals surface area contributed by atoms with E-state index in [9.17, 15) is 4.79 Å². The van der Waals surface area contributed by atoms with Gasteiger partial charge in [0.2, 0.25) is 0 Å². The summed E-state index contributed by atoms with van der Waals surface area (Å²) in [4.78, 5) is 9.77. The number of hydrogen-bond donors (Lipinski definition) is 1. The minimum absolute atomic E-state index is 0. The second-order valence-electron chi connectivity index (χ2n) is 2.20. The number of carbonyl (C=O) groups excluding carboxylic acids is 1. The van der Waals surface area contributed by atoms with Crippen LogP contribution in [0.3, 0.4) is 0 Å². The first-order valence-electron chi connectivity index (χ1n) is 3.52. The highest BCUT2D eigenvalue weighted by Crippen LogP contribution is 1.98. The molecule has 0 bridgehead atoms. The molecule has 0 aliphatic heterocycles. The average Bonchev–Trinajstić information content (AvgIpc) is 2.07. The van der Waals surface area contributed by atoms with Crippen molar-refractivity contribution in [1.29, 1.82) is 0 Å². The van der Waals surface area contributed by atoms with E-state index in [4.69, 9.17) is 0 Å². The number of carbonyl (C=O) groups is 1. The molecule has 1 aromatic rings. The standard InChI is InChI=1S/C9H10O2.H3N/c10-8-11-7-6-9-4-2-1-3-5-9;/h1-5,8H,6-7H2;1H3. The summed E-state index contributed by atoms with van der Waals surface area (Å²) in [5.74, 6) is 0. The molecular formula is C9H13NO2. The van der Waals surface area contributed by atoms with Gasteiger partial charge in [-0.25, -0.2) is 0 Å². The van der Waals surface area contributed by atoms with E-state index in [1.807, 2.05) is 30.3 Å². The number of benzene rings is 1. The fourth-order valence-electron chi connectivity index (χ4n) is 0.870. The van der Waals surface area contributed by atoms with Crippen LogP contribution in [0.2, 0.25) is 0 Å². The minimum atomic E-state index is 0. The second-order valence-corrected chi connectivity index (χ2v) is 2.20. The zero-order valence-corrected chi connectivity index (χ0v) is 6.90. The molecule has 0 radical (unpaired) electrons. The Balaban J connectivity index is 0.00000121. The highest BCUT2D eigenvalue weighted by atomic mass is 16.5. The van der Waals surface area contributed by atoms with Gasteiger partial charge in [-0.1, -0.05) is 30.3 Å². The van der Waals surface area contributed by atoms with Gasteiger partial charge in [0, 0.05) is 6.42 Å². The van der Waals surface area contributed by atoms with Crippen molar-refractivity contribution < 1.29 is 9.53 Å². The fourth-order valence-corrected chi connectivity index (χ4v) is 0.870. The Bertz CT molecular complexity index is 211. The molecule has 0 saturated heterocycles. The molecule has 0 unspecified atom stereocenters. The summed E-state index contributed by atoms with van der Waals surface area (Å²) in [5.41, 5.74) is 1.19. The number of rotatable bonds is 4. The third-order valence-corrected chi connectivity index (χ3v) is 1.42. The fraction of sp³-hybridized carbons (Fsp3) is 0.222. The predicted octanol–water partition coefficient (Wildman–Crippen LogP) is 1.56. The first-order chi connectivity index (χ1) is 5.43. The summed E-state index contributed by atoms with van der Waals surface area (Å²) in [6, 6.07) is 9.92. The summed E-state index contributed by atoms with van der Waals surface area (Å²) in [6.07, 6.45) is 0.791. The second kappa shape index (κ2) is 6.37. The Labute approximate surface area is 71.9 Å². The van der Waals surface area contributed by atoms with Crippen LogP contribution in [0, 0.1) is 0 Å². The third-order valence-electron chi connectivity index (χ3n) is 1.42. The Morgan fingerprint density at radius 2 is 1.92 bits per heavy atom. The number of hydrogen-bond acceptors (Lipinski definition) is 3. The van der Waals surface area contributed by atoms with Crippen LogP contribution in [0.1, 0.15) is 5.56 Å². The first kappa shape index (κ1) is 10.7. The quantitative estimate of drug-likeness (QED) is 0.546. The van der Waals surface area contributed by atoms with Crippen LogP contribution in [-0.2, 0) is 16.0 Å². The molecular weight excluding hydrogens is 154 g/mol. The van der Waals surface area contributed by atoms with Crippen LogP contribution in [0.25, 0.3) is 0 Å². The van der Waals surface area contributed by atoms with E-state index in [0.717, 1.165) is 6.42 Å². The molecule has 1 rings (SSSR count). The Morgan fingerprint density at radius 3 is 2.50 bits per heavy atom. The molecule has 3 heteroatoms. The maximum Gasteiger partial charge on any atom is 0.293 e. The zero-order chi connectivity index (χ0) is 7.94. The lowest BCUT2D eigenvalue weighted by Crippen LogP contribution is -1.95. The van der Waals surface area contributed by atoms with Gasteiger partial charge in [-0.15, -0.1) is 0 Å². The first-order valence-corrected chi connectivity index (χ1v) is 3.52. The summed E-state index contributed by atoms with van der Waals surface area (Å²) in [6.45, 7) is 0.941. The topological polar surface area (TPSA) is 61.3 Å². The normalized spacial score (nSPS) is 8.33. The zero-order valence-electron chi connectivity index (χ0n) is 6.90. The molecule has 0 aliphatic carbocycles. The monoisotopic (exact) mass is 167 g/mol. The van der Waals surface area contributed by atoms with Crippen molar-refractivity contribution in [2.45, 2.75) is 6.42 Å². The summed E-state index contributed by atoms with van der Waals surface area (Å²) >= 11 is 0. The van der Waals surface area contributed by atoms with E-state index < -0.39 is 0 Å². The summed E-state index contributed by atoms with van der Waals surface area (Å²) in [7, 11) is 0. The van der Waals surface area contributed by atoms with Crippen LogP contribution in [0.5, 0.6) is 0 Å². The van der Waals surface area contributed by atoms with Crippen molar-refractivity contribution in [3.05, 3.63) is 35.9 Å². The van der Waals surface area contributed by atoms with E-state index >= 15 is 0 Å². The molecule has 3 N–H and O–H groups in total. The van der Waals surface area contributed by atoms with Crippen LogP contribution >= 0.6 is 0 Å². The van der Waals surface area contributed by atoms with Crippen LogP contribution in [-0.4, -0.2) is 13.1 Å². The molecule has 0 amide bonds. The van der Waals surface area contributed by atoms with Crippen molar-refractivity contribution in [3.8, 4) is 0 Å². The maximum absolute atomic E-state index is 9.77. The minimum Gasteiger partial charge on any atom is -0.468 e. The molecule has 0 atom stereocenters. The van der Waals surface area contributed by atoms with E-state index in [-0.39, 0.29) is 6.15 Å². The van der Waals surface area contributed by atoms with Gasteiger partial charge >= 0.3 is 0 Å². The average molecular weight is 167 g/mol. The van der Waals surface area contributed by atoms with Crippen molar-refractivity contribution in [2.24, 2.45) is 0 Å². The lowest BCUT2D eigenvalue weighted by molar-refractivity contribution is -0.128. The summed E-state index contributed by atoms with van der Waals surface area (Å²) in [5, 5.41) is 0. The Hall–Kier alpha value is -1.35. The van der Waals surface area contributed by atoms with Crippen molar-refractivity contribution in [1.82, 2.24) is 6.15 Å². The Kier molecular flexibility index (Phi) is 5.65. The largest absolute Gasteiger partial charge is 0.468 e. The Morgan fingerprint density at radius 1 is 1.25 bits per heavy atom. The molecule has 3 nitrogen and oxygen atoms in total. The molecule has 12 heavy (non-hydrogen) atoms. The van der Waals surface area contributed by atoms with Crippen molar-refractivity contribution in [2.75, 3.05) is 6.61 Å². The van der Waals surface area contributed by atoms with Crippen molar-refractivity contribution >= 4 is 6.47 Å². The van der Waals surface area contributed by atoms with Gasteiger partial charge in [-0.05, 0) is 5.56 Å². The SMILES string of the molecule is N.O=COCCc1ccccc1. The molecule has 1 aromatic carbocycles. The highest BCUT2D eigenvalue weighted by Gasteiger charge is 1.89. The molecule has 0 heterocycles. The molecule has 0 spiro atoms. The van der Waals surface area contributed by atoms with Gasteiger partial charge in [0.15, 0.2) is 0 Å². The van der Waals surface area contributed by atoms with Gasteiger partial charge in [-0.3, -0.25) is 4.79 Å². The molecule has 66 valence electrons. The number of ether oxygens (including phenoxy) is 1. The van der Waals surface area contributed by atoms with E-state index in [2.05, 4.69) is 4.74 Å². The summed E-state index contributed by atoms with van der Waals surface area (Å²) < 4.78 is 4.56. The molecule has 0 aliphatic rings. The highest BCUT2D eigenvalue weighted by molar-refractivity contribution is 5.36. The molecule has 0 aromatic heterocycles. The predicted molar refractivity (Wildman–Crippen MR) is 47.2 cm³/mol. The van der Waals surface area contributed by atoms with E-state index in [0.29, 0.717) is 13.1 Å². The molecule has 0 fully saturated rings. The lowest BCUT2D eigenvalue weighted by Gasteiger charge is -1.97. The van der Waals surface area contributed by atoms with Gasteiger partial charge in [0.25, 0.3) is 6.47 Å². The van der Waals surface area contributed by atoms with E-state index in [1.54, 1.807) is 0 Å². The van der Waals surface area contributed by atoms with Crippen LogP contribution in [0.4, 0.5) is 0 Å². The van der Waals surface area contributed by atoms with Gasteiger partial charge in [-0.2, -0.15) is 0 Å². The van der Waals surface area contributed by atoms with Crippen LogP contribution < -0.4 is 6.15 Å². The van der Waals surface area contributed by atoms with Crippen LogP contribution in [0.15, 0.2) is 30.3 Å².